The topological polar surface area (TPSA) is 80.7 Å². The standard InChI is InChI=1S/C18H22N2O4S/c1-17(2,3)24-15(21)13-14(20-16-19-9-10-25-16)11-7-5-6-8-12(11)23-18(13,4)22/h5-10,13-14,22H,1-4H3,(H,19,20)/t13-,14-,18-/m1/s1. The molecule has 0 fully saturated rings. The van der Waals surface area contributed by atoms with E-state index in [0.29, 0.717) is 10.9 Å². The van der Waals surface area contributed by atoms with Crippen molar-refractivity contribution < 1.29 is 19.4 Å². The summed E-state index contributed by atoms with van der Waals surface area (Å²) in [6.45, 7) is 6.86. The Morgan fingerprint density at radius 3 is 2.76 bits per heavy atom. The van der Waals surface area contributed by atoms with Crippen molar-refractivity contribution in [2.24, 2.45) is 5.92 Å². The lowest BCUT2D eigenvalue weighted by Gasteiger charge is -2.42. The molecule has 3 rings (SSSR count). The number of para-hydroxylation sites is 1. The van der Waals surface area contributed by atoms with Crippen LogP contribution >= 0.6 is 11.3 Å². The summed E-state index contributed by atoms with van der Waals surface area (Å²) >= 11 is 1.42. The van der Waals surface area contributed by atoms with Crippen LogP contribution in [0, 0.1) is 5.92 Å². The van der Waals surface area contributed by atoms with Crippen molar-refractivity contribution in [3.8, 4) is 5.75 Å². The van der Waals surface area contributed by atoms with Crippen LogP contribution in [-0.4, -0.2) is 27.4 Å². The van der Waals surface area contributed by atoms with Crippen molar-refractivity contribution in [1.29, 1.82) is 0 Å². The molecule has 6 nitrogen and oxygen atoms in total. The Labute approximate surface area is 150 Å². The van der Waals surface area contributed by atoms with E-state index in [1.165, 1.54) is 18.3 Å². The van der Waals surface area contributed by atoms with Crippen molar-refractivity contribution >= 4 is 22.4 Å². The number of anilines is 1. The second kappa shape index (κ2) is 6.31. The van der Waals surface area contributed by atoms with Gasteiger partial charge in [0, 0.05) is 24.1 Å². The summed E-state index contributed by atoms with van der Waals surface area (Å²) in [6, 6.07) is 6.80. The third-order valence-corrected chi connectivity index (χ3v) is 4.56. The number of nitrogens with zero attached hydrogens (tertiary/aromatic N) is 1. The summed E-state index contributed by atoms with van der Waals surface area (Å²) in [7, 11) is 0. The van der Waals surface area contributed by atoms with E-state index in [1.807, 2.05) is 23.6 Å². The van der Waals surface area contributed by atoms with Crippen LogP contribution in [0.2, 0.25) is 0 Å². The Kier molecular flexibility index (Phi) is 4.47. The first-order valence-corrected chi connectivity index (χ1v) is 8.94. The van der Waals surface area contributed by atoms with E-state index in [2.05, 4.69) is 10.3 Å². The van der Waals surface area contributed by atoms with Gasteiger partial charge in [0.15, 0.2) is 5.13 Å². The number of aromatic nitrogens is 1. The molecule has 1 aromatic carbocycles. The maximum atomic E-state index is 12.9. The molecule has 0 saturated carbocycles. The summed E-state index contributed by atoms with van der Waals surface area (Å²) < 4.78 is 11.3. The van der Waals surface area contributed by atoms with Crippen LogP contribution in [0.4, 0.5) is 5.13 Å². The molecule has 25 heavy (non-hydrogen) atoms. The minimum Gasteiger partial charge on any atom is -0.461 e. The van der Waals surface area contributed by atoms with Crippen molar-refractivity contribution in [2.45, 2.75) is 45.1 Å². The lowest BCUT2D eigenvalue weighted by molar-refractivity contribution is -0.206. The molecular weight excluding hydrogens is 340 g/mol. The summed E-state index contributed by atoms with van der Waals surface area (Å²) in [5, 5.41) is 16.6. The summed E-state index contributed by atoms with van der Waals surface area (Å²) in [5.74, 6) is -2.67. The quantitative estimate of drug-likeness (QED) is 0.815. The Balaban J connectivity index is 2.03. The van der Waals surface area contributed by atoms with Gasteiger partial charge in [0.25, 0.3) is 0 Å². The second-order valence-electron chi connectivity index (χ2n) is 7.16. The van der Waals surface area contributed by atoms with Crippen molar-refractivity contribution in [2.75, 3.05) is 5.32 Å². The van der Waals surface area contributed by atoms with Gasteiger partial charge in [0.1, 0.15) is 17.3 Å². The van der Waals surface area contributed by atoms with Gasteiger partial charge in [-0.05, 0) is 26.8 Å². The molecule has 0 spiro atoms. The van der Waals surface area contributed by atoms with E-state index in [1.54, 1.807) is 33.0 Å². The first-order chi connectivity index (χ1) is 11.7. The molecule has 1 aliphatic rings. The number of hydrogen-bond donors (Lipinski definition) is 2. The maximum Gasteiger partial charge on any atom is 0.318 e. The number of hydrogen-bond acceptors (Lipinski definition) is 7. The fraction of sp³-hybridized carbons (Fsp3) is 0.444. The normalized spacial score (nSPS) is 25.6. The largest absolute Gasteiger partial charge is 0.461 e. The lowest BCUT2D eigenvalue weighted by Crippen LogP contribution is -2.53. The number of fused-ring (bicyclic) bond motifs is 1. The SMILES string of the molecule is CC(C)(C)OC(=O)[C@H]1[C@H](Nc2nccs2)c2ccccc2O[C@@]1(C)O. The highest BCUT2D eigenvalue weighted by atomic mass is 32.1. The molecule has 1 aliphatic heterocycles. The molecule has 0 amide bonds. The fourth-order valence-corrected chi connectivity index (χ4v) is 3.48. The third kappa shape index (κ3) is 3.77. The fourth-order valence-electron chi connectivity index (χ4n) is 2.91. The molecule has 1 aromatic heterocycles. The van der Waals surface area contributed by atoms with E-state index < -0.39 is 29.3 Å². The maximum absolute atomic E-state index is 12.9. The smallest absolute Gasteiger partial charge is 0.318 e. The molecular formula is C18H22N2O4S. The number of aliphatic hydroxyl groups is 1. The third-order valence-electron chi connectivity index (χ3n) is 3.85. The molecule has 0 bridgehead atoms. The highest BCUT2D eigenvalue weighted by molar-refractivity contribution is 7.13. The highest BCUT2D eigenvalue weighted by Crippen LogP contribution is 2.45. The van der Waals surface area contributed by atoms with Crippen LogP contribution in [0.15, 0.2) is 35.8 Å². The van der Waals surface area contributed by atoms with Gasteiger partial charge in [-0.1, -0.05) is 18.2 Å². The first kappa shape index (κ1) is 17.7. The average molecular weight is 362 g/mol. The molecule has 3 atom stereocenters. The number of benzene rings is 1. The predicted molar refractivity (Wildman–Crippen MR) is 95.5 cm³/mol. The minimum atomic E-state index is -1.72. The van der Waals surface area contributed by atoms with Gasteiger partial charge in [-0.25, -0.2) is 4.98 Å². The summed E-state index contributed by atoms with van der Waals surface area (Å²) in [4.78, 5) is 17.1. The van der Waals surface area contributed by atoms with E-state index in [-0.39, 0.29) is 0 Å². The van der Waals surface area contributed by atoms with Crippen molar-refractivity contribution in [1.82, 2.24) is 4.98 Å². The zero-order valence-corrected chi connectivity index (χ0v) is 15.5. The summed E-state index contributed by atoms with van der Waals surface area (Å²) in [5.41, 5.74) is 0.107. The van der Waals surface area contributed by atoms with Gasteiger partial charge in [-0.3, -0.25) is 4.79 Å². The minimum absolute atomic E-state index is 0.527. The number of nitrogens with one attached hydrogen (secondary N) is 1. The van der Waals surface area contributed by atoms with E-state index in [0.717, 1.165) is 5.56 Å². The molecule has 0 radical (unpaired) electrons. The monoisotopic (exact) mass is 362 g/mol. The molecule has 0 aliphatic carbocycles. The molecule has 7 heteroatoms. The number of thiazole rings is 1. The lowest BCUT2D eigenvalue weighted by atomic mass is 9.83. The van der Waals surface area contributed by atoms with Crippen molar-refractivity contribution in [3.63, 3.8) is 0 Å². The average Bonchev–Trinajstić information content (AvgIpc) is 2.97. The number of ether oxygens (including phenoxy) is 2. The van der Waals surface area contributed by atoms with Gasteiger partial charge >= 0.3 is 5.97 Å². The molecule has 2 aromatic rings. The van der Waals surface area contributed by atoms with Crippen LogP contribution in [0.3, 0.4) is 0 Å². The predicted octanol–water partition coefficient (Wildman–Crippen LogP) is 3.36. The molecule has 0 saturated heterocycles. The van der Waals surface area contributed by atoms with Gasteiger partial charge in [-0.2, -0.15) is 0 Å². The Bertz CT molecular complexity index is 753. The van der Waals surface area contributed by atoms with E-state index >= 15 is 0 Å². The number of rotatable bonds is 3. The van der Waals surface area contributed by atoms with E-state index in [4.69, 9.17) is 9.47 Å². The zero-order valence-electron chi connectivity index (χ0n) is 14.6. The number of carbonyl (C=O) groups is 1. The van der Waals surface area contributed by atoms with E-state index in [9.17, 15) is 9.90 Å². The van der Waals surface area contributed by atoms with Crippen LogP contribution in [0.25, 0.3) is 0 Å². The van der Waals surface area contributed by atoms with Crippen molar-refractivity contribution in [3.05, 3.63) is 41.4 Å². The van der Waals surface area contributed by atoms with Crippen LogP contribution in [0.1, 0.15) is 39.3 Å². The molecule has 134 valence electrons. The number of carbonyl (C=O) groups excluding carboxylic acids is 1. The Morgan fingerprint density at radius 2 is 2.12 bits per heavy atom. The highest BCUT2D eigenvalue weighted by Gasteiger charge is 2.52. The van der Waals surface area contributed by atoms with Gasteiger partial charge < -0.3 is 19.9 Å². The first-order valence-electron chi connectivity index (χ1n) is 8.06. The molecule has 2 N–H and O–H groups in total. The van der Waals surface area contributed by atoms with Crippen LogP contribution in [-0.2, 0) is 9.53 Å². The van der Waals surface area contributed by atoms with Gasteiger partial charge in [-0.15, -0.1) is 11.3 Å². The zero-order chi connectivity index (χ0) is 18.2. The number of esters is 1. The Morgan fingerprint density at radius 1 is 1.40 bits per heavy atom. The second-order valence-corrected chi connectivity index (χ2v) is 8.06. The van der Waals surface area contributed by atoms with Crippen LogP contribution < -0.4 is 10.1 Å². The van der Waals surface area contributed by atoms with Gasteiger partial charge in [0.05, 0.1) is 6.04 Å². The van der Waals surface area contributed by atoms with Gasteiger partial charge in [0.2, 0.25) is 5.79 Å². The molecule has 2 heterocycles. The molecule has 0 unspecified atom stereocenters. The Hall–Kier alpha value is -2.12. The summed E-state index contributed by atoms with van der Waals surface area (Å²) in [6.07, 6.45) is 1.68. The van der Waals surface area contributed by atoms with Crippen LogP contribution in [0.5, 0.6) is 5.75 Å².